The predicted octanol–water partition coefficient (Wildman–Crippen LogP) is 0.974. The van der Waals surface area contributed by atoms with Gasteiger partial charge in [-0.15, -0.1) is 0 Å². The maximum atomic E-state index is 11.9. The summed E-state index contributed by atoms with van der Waals surface area (Å²) in [5.74, 6) is 1.25. The van der Waals surface area contributed by atoms with Crippen LogP contribution >= 0.6 is 0 Å². The van der Waals surface area contributed by atoms with Crippen LogP contribution in [-0.2, 0) is 9.53 Å². The first-order valence-corrected chi connectivity index (χ1v) is 7.17. The van der Waals surface area contributed by atoms with E-state index in [2.05, 4.69) is 20.2 Å². The molecular weight excluding hydrogens is 270 g/mol. The number of anilines is 3. The summed E-state index contributed by atoms with van der Waals surface area (Å²) in [4.78, 5) is 24.8. The highest BCUT2D eigenvalue weighted by atomic mass is 16.5. The molecule has 1 amide bonds. The lowest BCUT2D eigenvalue weighted by molar-refractivity contribution is -0.118. The van der Waals surface area contributed by atoms with Gasteiger partial charge in [-0.25, -0.2) is 4.98 Å². The number of nitrogens with one attached hydrogen (secondary N) is 1. The Bertz CT molecular complexity index is 498. The summed E-state index contributed by atoms with van der Waals surface area (Å²) in [6.07, 6.45) is 1.67. The second-order valence-electron chi connectivity index (χ2n) is 5.55. The van der Waals surface area contributed by atoms with Crippen LogP contribution in [0, 0.1) is 5.92 Å². The van der Waals surface area contributed by atoms with E-state index in [1.165, 1.54) is 0 Å². The van der Waals surface area contributed by atoms with Crippen molar-refractivity contribution in [2.75, 3.05) is 55.5 Å². The Kier molecular flexibility index (Phi) is 4.95. The van der Waals surface area contributed by atoms with Gasteiger partial charge in [0.1, 0.15) is 5.69 Å². The van der Waals surface area contributed by atoms with Crippen LogP contribution in [0.4, 0.5) is 17.5 Å². The third-order valence-corrected chi connectivity index (χ3v) is 3.26. The van der Waals surface area contributed by atoms with E-state index in [0.717, 1.165) is 13.1 Å². The smallest absolute Gasteiger partial charge is 0.227 e. The molecule has 0 aromatic carbocycles. The molecule has 1 N–H and O–H groups in total. The van der Waals surface area contributed by atoms with Crippen molar-refractivity contribution in [1.82, 2.24) is 9.97 Å². The Labute approximate surface area is 125 Å². The molecule has 0 radical (unpaired) electrons. The standard InChI is InChI=1S/C14H23N5O2/c1-10(2)13(20)16-11-9-15-14(17-12(11)18(3)4)19-5-7-21-8-6-19/h9-10H,5-8H2,1-4H3,(H,16,20). The molecule has 0 spiro atoms. The minimum atomic E-state index is -0.0843. The summed E-state index contributed by atoms with van der Waals surface area (Å²) in [6.45, 7) is 6.65. The molecule has 21 heavy (non-hydrogen) atoms. The van der Waals surface area contributed by atoms with E-state index in [1.54, 1.807) is 6.20 Å². The summed E-state index contributed by atoms with van der Waals surface area (Å²) in [6, 6.07) is 0. The molecule has 2 rings (SSSR count). The van der Waals surface area contributed by atoms with E-state index in [4.69, 9.17) is 4.74 Å². The van der Waals surface area contributed by atoms with Gasteiger partial charge >= 0.3 is 0 Å². The lowest BCUT2D eigenvalue weighted by Gasteiger charge is -2.28. The molecule has 0 aliphatic carbocycles. The van der Waals surface area contributed by atoms with Crippen molar-refractivity contribution in [3.63, 3.8) is 0 Å². The number of morpholine rings is 1. The van der Waals surface area contributed by atoms with Gasteiger partial charge in [-0.05, 0) is 0 Å². The number of ether oxygens (including phenoxy) is 1. The maximum Gasteiger partial charge on any atom is 0.227 e. The van der Waals surface area contributed by atoms with Gasteiger partial charge in [0.05, 0.1) is 19.4 Å². The number of carbonyl (C=O) groups is 1. The lowest BCUT2D eigenvalue weighted by atomic mass is 10.2. The average Bonchev–Trinajstić information content (AvgIpc) is 2.48. The van der Waals surface area contributed by atoms with Gasteiger partial charge in [0.2, 0.25) is 11.9 Å². The van der Waals surface area contributed by atoms with Crippen molar-refractivity contribution in [3.8, 4) is 0 Å². The van der Waals surface area contributed by atoms with E-state index >= 15 is 0 Å². The topological polar surface area (TPSA) is 70.6 Å². The van der Waals surface area contributed by atoms with Gasteiger partial charge in [0.15, 0.2) is 5.82 Å². The zero-order chi connectivity index (χ0) is 15.4. The van der Waals surface area contributed by atoms with E-state index < -0.39 is 0 Å². The second-order valence-corrected chi connectivity index (χ2v) is 5.55. The van der Waals surface area contributed by atoms with Gasteiger partial charge in [0, 0.05) is 33.1 Å². The van der Waals surface area contributed by atoms with Gasteiger partial charge in [-0.1, -0.05) is 13.8 Å². The van der Waals surface area contributed by atoms with Crippen LogP contribution in [0.15, 0.2) is 6.20 Å². The average molecular weight is 293 g/mol. The monoisotopic (exact) mass is 293 g/mol. The number of nitrogens with zero attached hydrogens (tertiary/aromatic N) is 4. The Morgan fingerprint density at radius 2 is 2.05 bits per heavy atom. The van der Waals surface area contributed by atoms with Crippen molar-refractivity contribution in [2.24, 2.45) is 5.92 Å². The molecule has 7 heteroatoms. The predicted molar refractivity (Wildman–Crippen MR) is 82.9 cm³/mol. The van der Waals surface area contributed by atoms with Crippen LogP contribution in [0.1, 0.15) is 13.8 Å². The Balaban J connectivity index is 2.24. The summed E-state index contributed by atoms with van der Waals surface area (Å²) >= 11 is 0. The van der Waals surface area contributed by atoms with Crippen LogP contribution < -0.4 is 15.1 Å². The molecular formula is C14H23N5O2. The first-order chi connectivity index (χ1) is 9.99. The molecule has 1 aromatic heterocycles. The number of hydrogen-bond acceptors (Lipinski definition) is 6. The molecule has 0 saturated carbocycles. The fraction of sp³-hybridized carbons (Fsp3) is 0.643. The molecule has 1 aliphatic heterocycles. The Hall–Kier alpha value is -1.89. The summed E-state index contributed by atoms with van der Waals surface area (Å²) in [5, 5.41) is 2.87. The number of amides is 1. The fourth-order valence-electron chi connectivity index (χ4n) is 1.99. The van der Waals surface area contributed by atoms with Crippen molar-refractivity contribution >= 4 is 23.4 Å². The Morgan fingerprint density at radius 3 is 2.62 bits per heavy atom. The first kappa shape index (κ1) is 15.5. The Morgan fingerprint density at radius 1 is 1.38 bits per heavy atom. The first-order valence-electron chi connectivity index (χ1n) is 7.17. The summed E-state index contributed by atoms with van der Waals surface area (Å²) < 4.78 is 5.34. The quantitative estimate of drug-likeness (QED) is 0.892. The lowest BCUT2D eigenvalue weighted by Crippen LogP contribution is -2.37. The minimum Gasteiger partial charge on any atom is -0.378 e. The molecule has 0 unspecified atom stereocenters. The molecule has 2 heterocycles. The highest BCUT2D eigenvalue weighted by Gasteiger charge is 2.18. The molecule has 1 saturated heterocycles. The second kappa shape index (κ2) is 6.71. The summed E-state index contributed by atoms with van der Waals surface area (Å²) in [7, 11) is 3.80. The molecule has 116 valence electrons. The maximum absolute atomic E-state index is 11.9. The van der Waals surface area contributed by atoms with E-state index in [1.807, 2.05) is 32.8 Å². The van der Waals surface area contributed by atoms with Crippen molar-refractivity contribution in [3.05, 3.63) is 6.20 Å². The fourth-order valence-corrected chi connectivity index (χ4v) is 1.99. The highest BCUT2D eigenvalue weighted by Crippen LogP contribution is 2.24. The third kappa shape index (κ3) is 3.81. The van der Waals surface area contributed by atoms with Crippen LogP contribution in [0.5, 0.6) is 0 Å². The molecule has 1 aliphatic rings. The van der Waals surface area contributed by atoms with Gasteiger partial charge in [-0.3, -0.25) is 4.79 Å². The van der Waals surface area contributed by atoms with Gasteiger partial charge in [-0.2, -0.15) is 4.98 Å². The van der Waals surface area contributed by atoms with Crippen molar-refractivity contribution in [1.29, 1.82) is 0 Å². The largest absolute Gasteiger partial charge is 0.378 e. The van der Waals surface area contributed by atoms with Crippen LogP contribution in [0.25, 0.3) is 0 Å². The number of aromatic nitrogens is 2. The zero-order valence-corrected chi connectivity index (χ0v) is 13.1. The minimum absolute atomic E-state index is 0.0409. The number of carbonyl (C=O) groups excluding carboxylic acids is 1. The molecule has 1 aromatic rings. The van der Waals surface area contributed by atoms with Crippen molar-refractivity contribution in [2.45, 2.75) is 13.8 Å². The molecule has 0 bridgehead atoms. The summed E-state index contributed by atoms with van der Waals surface area (Å²) in [5.41, 5.74) is 0.635. The third-order valence-electron chi connectivity index (χ3n) is 3.26. The van der Waals surface area contributed by atoms with Crippen LogP contribution in [0.3, 0.4) is 0 Å². The van der Waals surface area contributed by atoms with Gasteiger partial charge < -0.3 is 19.9 Å². The number of rotatable bonds is 4. The van der Waals surface area contributed by atoms with Crippen LogP contribution in [0.2, 0.25) is 0 Å². The van der Waals surface area contributed by atoms with E-state index in [0.29, 0.717) is 30.7 Å². The van der Waals surface area contributed by atoms with Gasteiger partial charge in [0.25, 0.3) is 0 Å². The molecule has 1 fully saturated rings. The number of hydrogen-bond donors (Lipinski definition) is 1. The van der Waals surface area contributed by atoms with E-state index in [-0.39, 0.29) is 11.8 Å². The van der Waals surface area contributed by atoms with E-state index in [9.17, 15) is 4.79 Å². The van der Waals surface area contributed by atoms with Crippen molar-refractivity contribution < 1.29 is 9.53 Å². The normalized spacial score (nSPS) is 15.2. The zero-order valence-electron chi connectivity index (χ0n) is 13.1. The van der Waals surface area contributed by atoms with Crippen LogP contribution in [-0.4, -0.2) is 56.3 Å². The SMILES string of the molecule is CC(C)C(=O)Nc1cnc(N2CCOCC2)nc1N(C)C. The highest BCUT2D eigenvalue weighted by molar-refractivity contribution is 5.94. The molecule has 0 atom stereocenters. The molecule has 7 nitrogen and oxygen atoms in total.